The summed E-state index contributed by atoms with van der Waals surface area (Å²) < 4.78 is 0.754. The van der Waals surface area contributed by atoms with Crippen LogP contribution in [-0.4, -0.2) is 76.9 Å². The zero-order valence-electron chi connectivity index (χ0n) is 20.0. The maximum Gasteiger partial charge on any atom is 0.253 e. The Morgan fingerprint density at radius 3 is 2.49 bits per heavy atom. The van der Waals surface area contributed by atoms with Gasteiger partial charge in [0.1, 0.15) is 5.82 Å². The van der Waals surface area contributed by atoms with Gasteiger partial charge >= 0.3 is 0 Å². The number of nitrogens with zero attached hydrogens (tertiary/aromatic N) is 4. The van der Waals surface area contributed by atoms with Gasteiger partial charge in [-0.2, -0.15) is 4.98 Å². The fourth-order valence-electron chi connectivity index (χ4n) is 4.70. The minimum atomic E-state index is -0.0424. The highest BCUT2D eigenvalue weighted by molar-refractivity contribution is 9.10. The number of piperazine rings is 1. The van der Waals surface area contributed by atoms with Crippen molar-refractivity contribution in [3.05, 3.63) is 40.5 Å². The van der Waals surface area contributed by atoms with Crippen molar-refractivity contribution in [2.75, 3.05) is 43.9 Å². The Bertz CT molecular complexity index is 1070. The SMILES string of the molecule is CN1CCN(C(=O)c2ccc(Nc3ncc(Br)c(N[C@@H]4CCC[C@@H]4C(=O)NC4CC4)n3)cc2)CC1. The standard InChI is InChI=1S/C25H32BrN7O2/c1-32-11-13-33(14-12-32)24(35)16-5-7-18(8-6-16)29-25-27-15-20(26)22(31-25)30-21-4-2-3-19(21)23(34)28-17-9-10-17/h5-8,15,17,19,21H,2-4,9-14H2,1H3,(H,28,34)(H2,27,29,30,31)/t19-,21+/m0/s1. The molecule has 1 saturated heterocycles. The Morgan fingerprint density at radius 1 is 1.03 bits per heavy atom. The minimum absolute atomic E-state index is 0.0424. The summed E-state index contributed by atoms with van der Waals surface area (Å²) in [5.74, 6) is 1.29. The summed E-state index contributed by atoms with van der Waals surface area (Å²) in [6.07, 6.45) is 6.74. The normalized spacial score (nSPS) is 22.6. The summed E-state index contributed by atoms with van der Waals surface area (Å²) in [5.41, 5.74) is 1.48. The van der Waals surface area contributed by atoms with Gasteiger partial charge in [-0.1, -0.05) is 6.42 Å². The summed E-state index contributed by atoms with van der Waals surface area (Å²) in [4.78, 5) is 38.6. The molecule has 3 N–H and O–H groups in total. The van der Waals surface area contributed by atoms with E-state index in [1.807, 2.05) is 29.2 Å². The molecule has 10 heteroatoms. The molecule has 2 aliphatic carbocycles. The van der Waals surface area contributed by atoms with Gasteiger partial charge in [0.15, 0.2) is 0 Å². The van der Waals surface area contributed by atoms with E-state index in [-0.39, 0.29) is 23.8 Å². The van der Waals surface area contributed by atoms with Crippen LogP contribution in [0.3, 0.4) is 0 Å². The number of rotatable bonds is 7. The number of hydrogen-bond acceptors (Lipinski definition) is 7. The molecule has 2 heterocycles. The molecule has 2 atom stereocenters. The van der Waals surface area contributed by atoms with Crippen molar-refractivity contribution in [2.24, 2.45) is 5.92 Å². The topological polar surface area (TPSA) is 102 Å². The molecule has 0 bridgehead atoms. The van der Waals surface area contributed by atoms with Crippen molar-refractivity contribution in [3.63, 3.8) is 0 Å². The smallest absolute Gasteiger partial charge is 0.253 e. The predicted octanol–water partition coefficient (Wildman–Crippen LogP) is 3.23. The first-order chi connectivity index (χ1) is 17.0. The highest BCUT2D eigenvalue weighted by Crippen LogP contribution is 2.32. The van der Waals surface area contributed by atoms with Crippen LogP contribution in [0, 0.1) is 5.92 Å². The number of amides is 2. The Balaban J connectivity index is 1.21. The molecular weight excluding hydrogens is 510 g/mol. The third-order valence-corrected chi connectivity index (χ3v) is 7.60. The number of anilines is 3. The molecule has 2 saturated carbocycles. The Kier molecular flexibility index (Phi) is 7.19. The van der Waals surface area contributed by atoms with Crippen molar-refractivity contribution in [1.82, 2.24) is 25.1 Å². The maximum atomic E-state index is 12.8. The Labute approximate surface area is 214 Å². The second kappa shape index (κ2) is 10.5. The molecule has 3 aliphatic rings. The van der Waals surface area contributed by atoms with Crippen LogP contribution in [0.4, 0.5) is 17.5 Å². The van der Waals surface area contributed by atoms with E-state index in [9.17, 15) is 9.59 Å². The lowest BCUT2D eigenvalue weighted by Crippen LogP contribution is -2.47. The monoisotopic (exact) mass is 541 g/mol. The van der Waals surface area contributed by atoms with E-state index in [0.29, 0.717) is 23.4 Å². The van der Waals surface area contributed by atoms with E-state index >= 15 is 0 Å². The van der Waals surface area contributed by atoms with Gasteiger partial charge in [0.25, 0.3) is 5.91 Å². The zero-order valence-corrected chi connectivity index (χ0v) is 21.6. The average molecular weight is 542 g/mol. The lowest BCUT2D eigenvalue weighted by molar-refractivity contribution is -0.125. The first kappa shape index (κ1) is 24.0. The predicted molar refractivity (Wildman–Crippen MR) is 139 cm³/mol. The largest absolute Gasteiger partial charge is 0.365 e. The highest BCUT2D eigenvalue weighted by Gasteiger charge is 2.36. The average Bonchev–Trinajstić information content (AvgIpc) is 3.55. The Morgan fingerprint density at radius 2 is 1.77 bits per heavy atom. The maximum absolute atomic E-state index is 12.8. The minimum Gasteiger partial charge on any atom is -0.365 e. The van der Waals surface area contributed by atoms with E-state index < -0.39 is 0 Å². The molecule has 3 fully saturated rings. The van der Waals surface area contributed by atoms with Crippen LogP contribution in [0.2, 0.25) is 0 Å². The second-order valence-corrected chi connectivity index (χ2v) is 10.6. The van der Waals surface area contributed by atoms with Gasteiger partial charge in [-0.3, -0.25) is 9.59 Å². The molecule has 5 rings (SSSR count). The summed E-state index contributed by atoms with van der Waals surface area (Å²) in [6.45, 7) is 3.30. The molecule has 0 unspecified atom stereocenters. The van der Waals surface area contributed by atoms with Crippen LogP contribution in [-0.2, 0) is 4.79 Å². The molecule has 0 spiro atoms. The number of hydrogen-bond donors (Lipinski definition) is 3. The number of benzene rings is 1. The zero-order chi connectivity index (χ0) is 24.4. The van der Waals surface area contributed by atoms with Crippen LogP contribution in [0.15, 0.2) is 34.9 Å². The van der Waals surface area contributed by atoms with Gasteiger partial charge in [-0.05, 0) is 72.9 Å². The molecule has 1 aromatic heterocycles. The van der Waals surface area contributed by atoms with Crippen molar-refractivity contribution >= 4 is 45.2 Å². The fourth-order valence-corrected chi connectivity index (χ4v) is 5.01. The third-order valence-electron chi connectivity index (χ3n) is 7.02. The van der Waals surface area contributed by atoms with E-state index in [1.165, 1.54) is 0 Å². The molecule has 2 amide bonds. The van der Waals surface area contributed by atoms with Gasteiger partial charge < -0.3 is 25.8 Å². The van der Waals surface area contributed by atoms with Gasteiger partial charge in [0.05, 0.1) is 10.4 Å². The van der Waals surface area contributed by atoms with Crippen molar-refractivity contribution in [2.45, 2.75) is 44.2 Å². The summed E-state index contributed by atoms with van der Waals surface area (Å²) in [6, 6.07) is 7.83. The molecule has 9 nitrogen and oxygen atoms in total. The van der Waals surface area contributed by atoms with E-state index in [1.54, 1.807) is 6.20 Å². The number of nitrogens with one attached hydrogen (secondary N) is 3. The molecule has 0 radical (unpaired) electrons. The van der Waals surface area contributed by atoms with Crippen LogP contribution in [0.25, 0.3) is 0 Å². The van der Waals surface area contributed by atoms with Crippen LogP contribution in [0.1, 0.15) is 42.5 Å². The lowest BCUT2D eigenvalue weighted by Gasteiger charge is -2.32. The van der Waals surface area contributed by atoms with Crippen LogP contribution in [0.5, 0.6) is 0 Å². The summed E-state index contributed by atoms with van der Waals surface area (Å²) in [5, 5.41) is 9.83. The number of likely N-dealkylation sites (N-methyl/N-ethyl adjacent to an activating group) is 1. The highest BCUT2D eigenvalue weighted by atomic mass is 79.9. The Hall–Kier alpha value is -2.72. The van der Waals surface area contributed by atoms with Gasteiger partial charge in [-0.25, -0.2) is 4.98 Å². The molecule has 35 heavy (non-hydrogen) atoms. The summed E-state index contributed by atoms with van der Waals surface area (Å²) in [7, 11) is 2.07. The fraction of sp³-hybridized carbons (Fsp3) is 0.520. The number of aromatic nitrogens is 2. The van der Waals surface area contributed by atoms with Crippen molar-refractivity contribution in [3.8, 4) is 0 Å². The van der Waals surface area contributed by atoms with Crippen molar-refractivity contribution in [1.29, 1.82) is 0 Å². The first-order valence-corrected chi connectivity index (χ1v) is 13.2. The van der Waals surface area contributed by atoms with E-state index in [2.05, 4.69) is 53.8 Å². The van der Waals surface area contributed by atoms with Crippen molar-refractivity contribution < 1.29 is 9.59 Å². The van der Waals surface area contributed by atoms with E-state index in [4.69, 9.17) is 0 Å². The van der Waals surface area contributed by atoms with Gasteiger partial charge in [0.2, 0.25) is 11.9 Å². The third kappa shape index (κ3) is 5.92. The summed E-state index contributed by atoms with van der Waals surface area (Å²) >= 11 is 3.54. The molecular formula is C25H32BrN7O2. The van der Waals surface area contributed by atoms with Crippen LogP contribution < -0.4 is 16.0 Å². The van der Waals surface area contributed by atoms with Gasteiger partial charge in [-0.15, -0.1) is 0 Å². The quantitative estimate of drug-likeness (QED) is 0.494. The number of carbonyl (C=O) groups is 2. The molecule has 186 valence electrons. The number of halogens is 1. The van der Waals surface area contributed by atoms with Crippen LogP contribution >= 0.6 is 15.9 Å². The first-order valence-electron chi connectivity index (χ1n) is 12.4. The molecule has 2 aromatic rings. The molecule has 1 aromatic carbocycles. The lowest BCUT2D eigenvalue weighted by atomic mass is 10.0. The molecule has 1 aliphatic heterocycles. The number of carbonyl (C=O) groups excluding carboxylic acids is 2. The van der Waals surface area contributed by atoms with Gasteiger partial charge in [0, 0.05) is 55.7 Å². The second-order valence-electron chi connectivity index (χ2n) is 9.76. The van der Waals surface area contributed by atoms with E-state index in [0.717, 1.165) is 68.4 Å².